The molecule has 2 rings (SSSR count). The number of thiophene rings is 1. The lowest BCUT2D eigenvalue weighted by atomic mass is 10.3. The molecule has 0 bridgehead atoms. The fourth-order valence-electron chi connectivity index (χ4n) is 1.22. The molecule has 0 saturated heterocycles. The molecule has 0 aliphatic rings. The van der Waals surface area contributed by atoms with Gasteiger partial charge in [0.05, 0.1) is 10.0 Å². The maximum Gasteiger partial charge on any atom is 0.267 e. The van der Waals surface area contributed by atoms with E-state index >= 15 is 0 Å². The molecular weight excluding hydrogens is 345 g/mol. The van der Waals surface area contributed by atoms with E-state index in [0.29, 0.717) is 20.6 Å². The summed E-state index contributed by atoms with van der Waals surface area (Å²) < 4.78 is 0.731. The molecule has 0 saturated carbocycles. The van der Waals surface area contributed by atoms with Crippen molar-refractivity contribution in [2.45, 2.75) is 0 Å². The molecule has 0 unspecified atom stereocenters. The summed E-state index contributed by atoms with van der Waals surface area (Å²) in [4.78, 5) is 12.4. The second-order valence-corrected chi connectivity index (χ2v) is 5.77. The SMILES string of the molecule is O=C(Nc1ccc(Cl)c(Br)c1)c1sccc1Cl. The molecule has 6 heteroatoms. The fraction of sp³-hybridized carbons (Fsp3) is 0. The summed E-state index contributed by atoms with van der Waals surface area (Å²) in [6, 6.07) is 6.87. The van der Waals surface area contributed by atoms with E-state index in [1.807, 2.05) is 0 Å². The van der Waals surface area contributed by atoms with Crippen LogP contribution in [0.15, 0.2) is 34.1 Å². The van der Waals surface area contributed by atoms with Crippen molar-refractivity contribution in [2.24, 2.45) is 0 Å². The van der Waals surface area contributed by atoms with Crippen LogP contribution in [0.4, 0.5) is 5.69 Å². The Bertz CT molecular complexity index is 570. The van der Waals surface area contributed by atoms with Gasteiger partial charge in [-0.2, -0.15) is 0 Å². The first-order chi connectivity index (χ1) is 8.08. The lowest BCUT2D eigenvalue weighted by Crippen LogP contribution is -2.10. The lowest BCUT2D eigenvalue weighted by Gasteiger charge is -2.05. The standard InChI is InChI=1S/C11H6BrCl2NOS/c12-7-5-6(1-2-8(7)13)15-11(16)10-9(14)3-4-17-10/h1-5H,(H,15,16). The molecular formula is C11H6BrCl2NOS. The number of carbonyl (C=O) groups excluding carboxylic acids is 1. The number of halogens is 3. The Balaban J connectivity index is 2.19. The topological polar surface area (TPSA) is 29.1 Å². The van der Waals surface area contributed by atoms with Crippen LogP contribution in [0.5, 0.6) is 0 Å². The van der Waals surface area contributed by atoms with E-state index in [-0.39, 0.29) is 5.91 Å². The van der Waals surface area contributed by atoms with Gasteiger partial charge in [0.25, 0.3) is 5.91 Å². The molecule has 2 nitrogen and oxygen atoms in total. The maximum absolute atomic E-state index is 11.9. The zero-order valence-corrected chi connectivity index (χ0v) is 12.3. The van der Waals surface area contributed by atoms with Gasteiger partial charge >= 0.3 is 0 Å². The molecule has 17 heavy (non-hydrogen) atoms. The number of anilines is 1. The molecule has 0 radical (unpaired) electrons. The largest absolute Gasteiger partial charge is 0.321 e. The summed E-state index contributed by atoms with van der Waals surface area (Å²) >= 11 is 16.3. The number of hydrogen-bond donors (Lipinski definition) is 1. The van der Waals surface area contributed by atoms with Crippen molar-refractivity contribution < 1.29 is 4.79 Å². The van der Waals surface area contributed by atoms with E-state index in [4.69, 9.17) is 23.2 Å². The second-order valence-electron chi connectivity index (χ2n) is 3.18. The highest BCUT2D eigenvalue weighted by atomic mass is 79.9. The van der Waals surface area contributed by atoms with Gasteiger partial charge in [-0.15, -0.1) is 11.3 Å². The summed E-state index contributed by atoms with van der Waals surface area (Å²) in [5, 5.41) is 5.58. The molecule has 0 fully saturated rings. The minimum atomic E-state index is -0.223. The lowest BCUT2D eigenvalue weighted by molar-refractivity contribution is 0.103. The molecule has 1 heterocycles. The molecule has 1 aromatic carbocycles. The average Bonchev–Trinajstić information content (AvgIpc) is 2.70. The van der Waals surface area contributed by atoms with Crippen LogP contribution in [0.25, 0.3) is 0 Å². The maximum atomic E-state index is 11.9. The molecule has 88 valence electrons. The predicted molar refractivity (Wildman–Crippen MR) is 76.4 cm³/mol. The van der Waals surface area contributed by atoms with Gasteiger partial charge in [0.15, 0.2) is 0 Å². The Hall–Kier alpha value is -0.550. The van der Waals surface area contributed by atoms with Crippen LogP contribution in [0, 0.1) is 0 Å². The molecule has 2 aromatic rings. The third-order valence-corrected chi connectivity index (χ3v) is 4.56. The zero-order chi connectivity index (χ0) is 12.4. The molecule has 0 atom stereocenters. The quantitative estimate of drug-likeness (QED) is 0.804. The van der Waals surface area contributed by atoms with E-state index in [1.165, 1.54) is 11.3 Å². The Kier molecular flexibility index (Phi) is 4.09. The van der Waals surface area contributed by atoms with Gasteiger partial charge in [-0.1, -0.05) is 23.2 Å². The van der Waals surface area contributed by atoms with Crippen LogP contribution in [0.1, 0.15) is 9.67 Å². The smallest absolute Gasteiger partial charge is 0.267 e. The number of hydrogen-bond acceptors (Lipinski definition) is 2. The van der Waals surface area contributed by atoms with Gasteiger partial charge < -0.3 is 5.32 Å². The predicted octanol–water partition coefficient (Wildman–Crippen LogP) is 5.07. The Morgan fingerprint density at radius 3 is 2.59 bits per heavy atom. The summed E-state index contributed by atoms with van der Waals surface area (Å²) in [6.07, 6.45) is 0. The summed E-state index contributed by atoms with van der Waals surface area (Å²) in [7, 11) is 0. The van der Waals surface area contributed by atoms with Crippen LogP contribution >= 0.6 is 50.5 Å². The van der Waals surface area contributed by atoms with E-state index < -0.39 is 0 Å². The molecule has 1 N–H and O–H groups in total. The van der Waals surface area contributed by atoms with Crippen LogP contribution in [-0.2, 0) is 0 Å². The van der Waals surface area contributed by atoms with Crippen LogP contribution < -0.4 is 5.32 Å². The van der Waals surface area contributed by atoms with Crippen LogP contribution in [0.3, 0.4) is 0 Å². The average molecular weight is 351 g/mol. The summed E-state index contributed by atoms with van der Waals surface area (Å²) in [5.41, 5.74) is 0.663. The van der Waals surface area contributed by atoms with Crippen molar-refractivity contribution in [1.29, 1.82) is 0 Å². The number of nitrogens with one attached hydrogen (secondary N) is 1. The van der Waals surface area contributed by atoms with Crippen molar-refractivity contribution in [3.05, 3.63) is 49.0 Å². The van der Waals surface area contributed by atoms with E-state index in [0.717, 1.165) is 4.47 Å². The third-order valence-electron chi connectivity index (χ3n) is 2.00. The Morgan fingerprint density at radius 1 is 1.24 bits per heavy atom. The van der Waals surface area contributed by atoms with Gasteiger partial charge in [-0.05, 0) is 45.6 Å². The van der Waals surface area contributed by atoms with Crippen molar-refractivity contribution in [2.75, 3.05) is 5.32 Å². The van der Waals surface area contributed by atoms with E-state index in [9.17, 15) is 4.79 Å². The van der Waals surface area contributed by atoms with Crippen molar-refractivity contribution in [3.63, 3.8) is 0 Å². The fourth-order valence-corrected chi connectivity index (χ4v) is 2.75. The van der Waals surface area contributed by atoms with Crippen LogP contribution in [-0.4, -0.2) is 5.91 Å². The zero-order valence-electron chi connectivity index (χ0n) is 8.34. The van der Waals surface area contributed by atoms with Gasteiger partial charge in [0, 0.05) is 10.2 Å². The summed E-state index contributed by atoms with van der Waals surface area (Å²) in [6.45, 7) is 0. The number of carbonyl (C=O) groups is 1. The first-order valence-corrected chi connectivity index (χ1v) is 7.00. The highest BCUT2D eigenvalue weighted by Gasteiger charge is 2.12. The van der Waals surface area contributed by atoms with Gasteiger partial charge in [-0.25, -0.2) is 0 Å². The third kappa shape index (κ3) is 3.01. The van der Waals surface area contributed by atoms with Crippen LogP contribution in [0.2, 0.25) is 10.0 Å². The second kappa shape index (κ2) is 5.40. The Labute approximate surface area is 121 Å². The normalized spacial score (nSPS) is 10.3. The first kappa shape index (κ1) is 12.9. The number of amides is 1. The number of benzene rings is 1. The minimum absolute atomic E-state index is 0.223. The monoisotopic (exact) mass is 349 g/mol. The van der Waals surface area contributed by atoms with E-state index in [2.05, 4.69) is 21.2 Å². The van der Waals surface area contributed by atoms with Crippen molar-refractivity contribution in [3.8, 4) is 0 Å². The molecule has 0 aliphatic carbocycles. The molecule has 1 aromatic heterocycles. The Morgan fingerprint density at radius 2 is 2.00 bits per heavy atom. The van der Waals surface area contributed by atoms with Gasteiger partial charge in [-0.3, -0.25) is 4.79 Å². The minimum Gasteiger partial charge on any atom is -0.321 e. The van der Waals surface area contributed by atoms with Gasteiger partial charge in [0.2, 0.25) is 0 Å². The van der Waals surface area contributed by atoms with Crippen molar-refractivity contribution in [1.82, 2.24) is 0 Å². The highest BCUT2D eigenvalue weighted by Crippen LogP contribution is 2.27. The summed E-state index contributed by atoms with van der Waals surface area (Å²) in [5.74, 6) is -0.223. The molecule has 0 aliphatic heterocycles. The molecule has 1 amide bonds. The first-order valence-electron chi connectivity index (χ1n) is 4.57. The van der Waals surface area contributed by atoms with Crippen molar-refractivity contribution >= 4 is 62.1 Å². The molecule has 0 spiro atoms. The highest BCUT2D eigenvalue weighted by molar-refractivity contribution is 9.10. The number of rotatable bonds is 2. The van der Waals surface area contributed by atoms with Gasteiger partial charge in [0.1, 0.15) is 4.88 Å². The van der Waals surface area contributed by atoms with E-state index in [1.54, 1.807) is 29.6 Å².